The Morgan fingerprint density at radius 1 is 1.62 bits per heavy atom. The lowest BCUT2D eigenvalue weighted by Crippen LogP contribution is -2.08. The minimum atomic E-state index is -0.676. The first-order valence-corrected chi connectivity index (χ1v) is 3.98. The highest BCUT2D eigenvalue weighted by Gasteiger charge is 2.02. The average molecular weight is 195 g/mol. The van der Waals surface area contributed by atoms with Crippen LogP contribution in [0.25, 0.3) is 0 Å². The van der Waals surface area contributed by atoms with Gasteiger partial charge in [0.2, 0.25) is 0 Å². The highest BCUT2D eigenvalue weighted by molar-refractivity contribution is 6.30. The Hall–Kier alpha value is -1.53. The van der Waals surface area contributed by atoms with E-state index in [-0.39, 0.29) is 0 Å². The van der Waals surface area contributed by atoms with E-state index < -0.39 is 5.91 Å². The van der Waals surface area contributed by atoms with Gasteiger partial charge in [-0.15, -0.1) is 0 Å². The molecule has 0 saturated carbocycles. The fourth-order valence-corrected chi connectivity index (χ4v) is 1.14. The Balaban J connectivity index is 2.91. The number of nitrogens with one attached hydrogen (secondary N) is 1. The molecule has 0 bridgehead atoms. The van der Waals surface area contributed by atoms with Crippen molar-refractivity contribution in [3.63, 3.8) is 0 Å². The van der Waals surface area contributed by atoms with Crippen molar-refractivity contribution < 1.29 is 4.79 Å². The number of rotatable bonds is 1. The molecule has 0 aliphatic rings. The first kappa shape index (κ1) is 9.56. The topological polar surface area (TPSA) is 52.9 Å². The number of benzene rings is 1. The monoisotopic (exact) mass is 194 g/mol. The molecule has 1 rings (SSSR count). The summed E-state index contributed by atoms with van der Waals surface area (Å²) in [6, 6.07) is 6.50. The largest absolute Gasteiger partial charge is 0.326 e. The number of aryl methyl sites for hydroxylation is 1. The Labute approximate surface area is 80.9 Å². The third-order valence-electron chi connectivity index (χ3n) is 1.54. The average Bonchev–Trinajstić information content (AvgIpc) is 2.09. The fourth-order valence-electron chi connectivity index (χ4n) is 0.918. The summed E-state index contributed by atoms with van der Waals surface area (Å²) in [4.78, 5) is 10.7. The summed E-state index contributed by atoms with van der Waals surface area (Å²) in [7, 11) is 0. The van der Waals surface area contributed by atoms with Crippen LogP contribution in [0.5, 0.6) is 0 Å². The van der Waals surface area contributed by atoms with E-state index in [1.807, 2.05) is 0 Å². The number of hydrogen-bond donors (Lipinski definition) is 1. The molecule has 4 heteroatoms. The van der Waals surface area contributed by atoms with Crippen LogP contribution >= 0.6 is 11.6 Å². The molecule has 0 radical (unpaired) electrons. The maximum Gasteiger partial charge on any atom is 0.326 e. The summed E-state index contributed by atoms with van der Waals surface area (Å²) in [5.74, 6) is -0.676. The lowest BCUT2D eigenvalue weighted by Gasteiger charge is -2.04. The number of nitrogens with zero attached hydrogens (tertiary/aromatic N) is 1. The van der Waals surface area contributed by atoms with E-state index in [0.717, 1.165) is 5.56 Å². The van der Waals surface area contributed by atoms with Crippen LogP contribution in [0.3, 0.4) is 0 Å². The van der Waals surface area contributed by atoms with Crippen LogP contribution in [0.4, 0.5) is 5.69 Å². The van der Waals surface area contributed by atoms with E-state index in [4.69, 9.17) is 16.9 Å². The van der Waals surface area contributed by atoms with Crippen LogP contribution in [0.1, 0.15) is 5.56 Å². The van der Waals surface area contributed by atoms with Gasteiger partial charge in [0.15, 0.2) is 6.07 Å². The zero-order valence-electron chi connectivity index (χ0n) is 6.97. The van der Waals surface area contributed by atoms with E-state index in [0.29, 0.717) is 10.7 Å². The summed E-state index contributed by atoms with van der Waals surface area (Å²) in [6.45, 7) is 1.80. The third-order valence-corrected chi connectivity index (χ3v) is 1.77. The van der Waals surface area contributed by atoms with Crippen molar-refractivity contribution in [2.75, 3.05) is 5.32 Å². The first-order chi connectivity index (χ1) is 6.13. The van der Waals surface area contributed by atoms with Crippen LogP contribution in [-0.2, 0) is 4.79 Å². The van der Waals surface area contributed by atoms with E-state index >= 15 is 0 Å². The molecule has 0 aromatic heterocycles. The summed E-state index contributed by atoms with van der Waals surface area (Å²) in [6.07, 6.45) is 0. The zero-order chi connectivity index (χ0) is 9.84. The van der Waals surface area contributed by atoms with Gasteiger partial charge < -0.3 is 5.32 Å². The van der Waals surface area contributed by atoms with E-state index in [9.17, 15) is 4.79 Å². The van der Waals surface area contributed by atoms with Gasteiger partial charge in [0.05, 0.1) is 0 Å². The molecule has 0 saturated heterocycles. The molecule has 1 amide bonds. The molecule has 0 unspecified atom stereocenters. The quantitative estimate of drug-likeness (QED) is 0.697. The van der Waals surface area contributed by atoms with Gasteiger partial charge in [0, 0.05) is 10.7 Å². The number of hydrogen-bond acceptors (Lipinski definition) is 2. The molecule has 13 heavy (non-hydrogen) atoms. The molecule has 0 aliphatic carbocycles. The molecule has 3 nitrogen and oxygen atoms in total. The Bertz CT molecular complexity index is 382. The molecule has 1 N–H and O–H groups in total. The van der Waals surface area contributed by atoms with Gasteiger partial charge in [-0.25, -0.2) is 0 Å². The molecular formula is C9H7ClN2O. The number of carbonyl (C=O) groups is 1. The maximum absolute atomic E-state index is 10.7. The van der Waals surface area contributed by atoms with Crippen LogP contribution in [0, 0.1) is 18.3 Å². The summed E-state index contributed by atoms with van der Waals surface area (Å²) < 4.78 is 0. The van der Waals surface area contributed by atoms with Gasteiger partial charge in [-0.2, -0.15) is 5.26 Å². The van der Waals surface area contributed by atoms with Crippen LogP contribution in [-0.4, -0.2) is 5.91 Å². The maximum atomic E-state index is 10.7. The predicted octanol–water partition coefficient (Wildman–Crippen LogP) is 2.11. The van der Waals surface area contributed by atoms with E-state index in [1.165, 1.54) is 6.07 Å². The summed E-state index contributed by atoms with van der Waals surface area (Å²) >= 11 is 5.71. The van der Waals surface area contributed by atoms with E-state index in [2.05, 4.69) is 5.32 Å². The van der Waals surface area contributed by atoms with Crippen LogP contribution in [0.2, 0.25) is 5.02 Å². The molecule has 0 heterocycles. The van der Waals surface area contributed by atoms with Gasteiger partial charge in [-0.3, -0.25) is 4.79 Å². The van der Waals surface area contributed by atoms with Crippen molar-refractivity contribution >= 4 is 23.2 Å². The second-order valence-electron chi connectivity index (χ2n) is 2.53. The van der Waals surface area contributed by atoms with Gasteiger partial charge in [0.25, 0.3) is 0 Å². The Kier molecular flexibility index (Phi) is 2.88. The van der Waals surface area contributed by atoms with Gasteiger partial charge >= 0.3 is 5.91 Å². The second-order valence-corrected chi connectivity index (χ2v) is 2.96. The second kappa shape index (κ2) is 3.92. The number of halogens is 1. The molecule has 0 aliphatic heterocycles. The van der Waals surface area contributed by atoms with Crippen molar-refractivity contribution in [2.45, 2.75) is 6.92 Å². The molecule has 0 spiro atoms. The normalized spacial score (nSPS) is 9.00. The Morgan fingerprint density at radius 2 is 2.31 bits per heavy atom. The van der Waals surface area contributed by atoms with E-state index in [1.54, 1.807) is 25.1 Å². The molecule has 0 atom stereocenters. The molecular weight excluding hydrogens is 188 g/mol. The van der Waals surface area contributed by atoms with Crippen molar-refractivity contribution in [1.29, 1.82) is 5.26 Å². The standard InChI is InChI=1S/C9H7ClN2O/c1-6-4-7(10)2-3-8(6)12-9(13)5-11/h2-4H,1H3,(H,12,13). The van der Waals surface area contributed by atoms with Crippen LogP contribution in [0.15, 0.2) is 18.2 Å². The lowest BCUT2D eigenvalue weighted by atomic mass is 10.2. The summed E-state index contributed by atoms with van der Waals surface area (Å²) in [5, 5.41) is 11.3. The van der Waals surface area contributed by atoms with Crippen LogP contribution < -0.4 is 5.32 Å². The van der Waals surface area contributed by atoms with Gasteiger partial charge in [-0.1, -0.05) is 11.6 Å². The SMILES string of the molecule is Cc1cc(Cl)ccc1NC(=O)C#N. The third kappa shape index (κ3) is 2.46. The number of amides is 1. The van der Waals surface area contributed by atoms with Crippen molar-refractivity contribution in [3.8, 4) is 6.07 Å². The smallest absolute Gasteiger partial charge is 0.313 e. The highest BCUT2D eigenvalue weighted by Crippen LogP contribution is 2.19. The minimum Gasteiger partial charge on any atom is -0.313 e. The minimum absolute atomic E-state index is 0.604. The number of anilines is 1. The molecule has 0 fully saturated rings. The van der Waals surface area contributed by atoms with Crippen molar-refractivity contribution in [1.82, 2.24) is 0 Å². The predicted molar refractivity (Wildman–Crippen MR) is 50.4 cm³/mol. The highest BCUT2D eigenvalue weighted by atomic mass is 35.5. The fraction of sp³-hybridized carbons (Fsp3) is 0.111. The first-order valence-electron chi connectivity index (χ1n) is 3.60. The number of carbonyl (C=O) groups excluding carboxylic acids is 1. The van der Waals surface area contributed by atoms with Crippen molar-refractivity contribution in [3.05, 3.63) is 28.8 Å². The molecule has 1 aromatic carbocycles. The lowest BCUT2D eigenvalue weighted by molar-refractivity contribution is -0.111. The molecule has 1 aromatic rings. The summed E-state index contributed by atoms with van der Waals surface area (Å²) in [5.41, 5.74) is 1.44. The van der Waals surface area contributed by atoms with Crippen molar-refractivity contribution in [2.24, 2.45) is 0 Å². The van der Waals surface area contributed by atoms with Gasteiger partial charge in [-0.05, 0) is 30.7 Å². The molecule has 66 valence electrons. The zero-order valence-corrected chi connectivity index (χ0v) is 7.72. The Morgan fingerprint density at radius 3 is 2.85 bits per heavy atom. The van der Waals surface area contributed by atoms with Gasteiger partial charge in [0.1, 0.15) is 0 Å². The number of nitriles is 1.